The molecule has 0 aliphatic rings. The average molecular weight is 354 g/mol. The maximum atomic E-state index is 5.84. The molecule has 0 N–H and O–H groups in total. The number of aromatic nitrogens is 1. The number of thiazole rings is 1. The molecule has 2 aromatic rings. The number of rotatable bonds is 6. The van der Waals surface area contributed by atoms with Gasteiger partial charge in [-0.05, 0) is 26.3 Å². The fourth-order valence-electron chi connectivity index (χ4n) is 2.20. The SMILES string of the molecule is CCCC(OCC)c1nc(-c2ccccc2Br)c(C)s1. The Bertz CT molecular complexity index is 561. The lowest BCUT2D eigenvalue weighted by Crippen LogP contribution is -2.03. The lowest BCUT2D eigenvalue weighted by Gasteiger charge is -2.12. The van der Waals surface area contributed by atoms with Gasteiger partial charge in [0.15, 0.2) is 0 Å². The van der Waals surface area contributed by atoms with Crippen LogP contribution in [0.4, 0.5) is 0 Å². The van der Waals surface area contributed by atoms with E-state index in [9.17, 15) is 0 Å². The number of hydrogen-bond acceptors (Lipinski definition) is 3. The second-order valence-corrected chi connectivity index (χ2v) is 6.76. The Balaban J connectivity index is 2.36. The van der Waals surface area contributed by atoms with Crippen LogP contribution in [0.5, 0.6) is 0 Å². The molecule has 0 fully saturated rings. The van der Waals surface area contributed by atoms with Gasteiger partial charge in [-0.3, -0.25) is 0 Å². The summed E-state index contributed by atoms with van der Waals surface area (Å²) < 4.78 is 6.93. The number of aryl methyl sites for hydroxylation is 1. The van der Waals surface area contributed by atoms with Crippen molar-refractivity contribution in [3.05, 3.63) is 38.6 Å². The van der Waals surface area contributed by atoms with Crippen LogP contribution in [0, 0.1) is 6.92 Å². The van der Waals surface area contributed by atoms with Gasteiger partial charge in [-0.1, -0.05) is 47.5 Å². The molecule has 1 heterocycles. The number of hydrogen-bond donors (Lipinski definition) is 0. The molecule has 4 heteroatoms. The molecular formula is C16H20BrNOS. The minimum Gasteiger partial charge on any atom is -0.371 e. The summed E-state index contributed by atoms with van der Waals surface area (Å²) in [5.41, 5.74) is 2.22. The predicted molar refractivity (Wildman–Crippen MR) is 89.3 cm³/mol. The quantitative estimate of drug-likeness (QED) is 0.658. The van der Waals surface area contributed by atoms with Gasteiger partial charge in [-0.2, -0.15) is 0 Å². The highest BCUT2D eigenvalue weighted by Crippen LogP contribution is 2.36. The van der Waals surface area contributed by atoms with Crippen molar-refractivity contribution in [2.75, 3.05) is 6.61 Å². The van der Waals surface area contributed by atoms with E-state index in [1.807, 2.05) is 19.1 Å². The molecule has 0 saturated carbocycles. The van der Waals surface area contributed by atoms with Crippen molar-refractivity contribution in [1.29, 1.82) is 0 Å². The molecule has 108 valence electrons. The summed E-state index contributed by atoms with van der Waals surface area (Å²) in [6.07, 6.45) is 2.26. The summed E-state index contributed by atoms with van der Waals surface area (Å²) in [5, 5.41) is 1.09. The molecule has 20 heavy (non-hydrogen) atoms. The third-order valence-electron chi connectivity index (χ3n) is 3.14. The van der Waals surface area contributed by atoms with E-state index in [1.54, 1.807) is 11.3 Å². The van der Waals surface area contributed by atoms with Crippen LogP contribution in [-0.2, 0) is 4.74 Å². The number of ether oxygens (including phenoxy) is 1. The average Bonchev–Trinajstić information content (AvgIpc) is 2.81. The van der Waals surface area contributed by atoms with Crippen LogP contribution in [-0.4, -0.2) is 11.6 Å². The number of halogens is 1. The van der Waals surface area contributed by atoms with E-state index >= 15 is 0 Å². The van der Waals surface area contributed by atoms with Crippen molar-refractivity contribution in [1.82, 2.24) is 4.98 Å². The first-order valence-electron chi connectivity index (χ1n) is 7.01. The lowest BCUT2D eigenvalue weighted by atomic mass is 10.1. The van der Waals surface area contributed by atoms with E-state index in [1.165, 1.54) is 4.88 Å². The van der Waals surface area contributed by atoms with E-state index in [0.29, 0.717) is 0 Å². The zero-order valence-corrected chi connectivity index (χ0v) is 14.6. The van der Waals surface area contributed by atoms with Crippen LogP contribution in [0.25, 0.3) is 11.3 Å². The van der Waals surface area contributed by atoms with Crippen LogP contribution in [0.15, 0.2) is 28.7 Å². The van der Waals surface area contributed by atoms with Crippen molar-refractivity contribution in [2.45, 2.75) is 39.7 Å². The Kier molecular flexibility index (Phi) is 5.75. The molecule has 0 amide bonds. The summed E-state index contributed by atoms with van der Waals surface area (Å²) in [7, 11) is 0. The highest BCUT2D eigenvalue weighted by Gasteiger charge is 2.19. The first-order valence-corrected chi connectivity index (χ1v) is 8.62. The topological polar surface area (TPSA) is 22.1 Å². The summed E-state index contributed by atoms with van der Waals surface area (Å²) in [6.45, 7) is 7.08. The van der Waals surface area contributed by atoms with Crippen LogP contribution in [0.2, 0.25) is 0 Å². The van der Waals surface area contributed by atoms with Crippen molar-refractivity contribution >= 4 is 27.3 Å². The minimum absolute atomic E-state index is 0.130. The second-order valence-electron chi connectivity index (χ2n) is 4.67. The highest BCUT2D eigenvalue weighted by molar-refractivity contribution is 9.10. The molecule has 0 radical (unpaired) electrons. The molecular weight excluding hydrogens is 334 g/mol. The largest absolute Gasteiger partial charge is 0.371 e. The standard InChI is InChI=1S/C16H20BrNOS/c1-4-8-14(19-5-2)16-18-15(11(3)20-16)12-9-6-7-10-13(12)17/h6-7,9-10,14H,4-5,8H2,1-3H3. The van der Waals surface area contributed by atoms with Gasteiger partial charge in [-0.15, -0.1) is 11.3 Å². The van der Waals surface area contributed by atoms with Gasteiger partial charge in [0.1, 0.15) is 11.1 Å². The Morgan fingerprint density at radius 2 is 2.05 bits per heavy atom. The first kappa shape index (κ1) is 15.7. The monoisotopic (exact) mass is 353 g/mol. The van der Waals surface area contributed by atoms with Crippen LogP contribution < -0.4 is 0 Å². The molecule has 0 aliphatic carbocycles. The van der Waals surface area contributed by atoms with Crippen molar-refractivity contribution < 1.29 is 4.74 Å². The number of nitrogens with zero attached hydrogens (tertiary/aromatic N) is 1. The third-order valence-corrected chi connectivity index (χ3v) is 4.89. The maximum Gasteiger partial charge on any atom is 0.122 e. The molecule has 2 rings (SSSR count). The van der Waals surface area contributed by atoms with Gasteiger partial charge in [-0.25, -0.2) is 4.98 Å². The molecule has 1 unspecified atom stereocenters. The van der Waals surface area contributed by atoms with E-state index in [0.717, 1.165) is 40.2 Å². The van der Waals surface area contributed by atoms with Gasteiger partial charge in [0, 0.05) is 21.5 Å². The van der Waals surface area contributed by atoms with Gasteiger partial charge in [0.05, 0.1) is 5.69 Å². The summed E-state index contributed by atoms with van der Waals surface area (Å²) in [6, 6.07) is 8.23. The molecule has 1 atom stereocenters. The van der Waals surface area contributed by atoms with Crippen LogP contribution in [0.1, 0.15) is 42.7 Å². The fourth-order valence-corrected chi connectivity index (χ4v) is 3.69. The van der Waals surface area contributed by atoms with Crippen LogP contribution in [0.3, 0.4) is 0 Å². The van der Waals surface area contributed by atoms with Crippen molar-refractivity contribution in [3.63, 3.8) is 0 Å². The number of benzene rings is 1. The molecule has 1 aromatic heterocycles. The normalized spacial score (nSPS) is 12.6. The third kappa shape index (κ3) is 3.48. The maximum absolute atomic E-state index is 5.84. The first-order chi connectivity index (χ1) is 9.67. The van der Waals surface area contributed by atoms with Gasteiger partial charge >= 0.3 is 0 Å². The molecule has 0 saturated heterocycles. The molecule has 0 bridgehead atoms. The van der Waals surface area contributed by atoms with Crippen molar-refractivity contribution in [3.8, 4) is 11.3 Å². The van der Waals surface area contributed by atoms with E-state index in [2.05, 4.69) is 41.9 Å². The molecule has 0 spiro atoms. The molecule has 1 aromatic carbocycles. The molecule has 2 nitrogen and oxygen atoms in total. The smallest absolute Gasteiger partial charge is 0.122 e. The molecule has 0 aliphatic heterocycles. The zero-order chi connectivity index (χ0) is 14.5. The Morgan fingerprint density at radius 1 is 1.30 bits per heavy atom. The summed E-state index contributed by atoms with van der Waals surface area (Å²) >= 11 is 5.36. The Morgan fingerprint density at radius 3 is 2.70 bits per heavy atom. The van der Waals surface area contributed by atoms with E-state index in [4.69, 9.17) is 9.72 Å². The summed E-state index contributed by atoms with van der Waals surface area (Å²) in [4.78, 5) is 6.09. The Labute approximate surface area is 133 Å². The van der Waals surface area contributed by atoms with Crippen LogP contribution >= 0.6 is 27.3 Å². The van der Waals surface area contributed by atoms with Crippen molar-refractivity contribution in [2.24, 2.45) is 0 Å². The predicted octanol–water partition coefficient (Wildman–Crippen LogP) is 5.76. The van der Waals surface area contributed by atoms with E-state index in [-0.39, 0.29) is 6.10 Å². The highest BCUT2D eigenvalue weighted by atomic mass is 79.9. The van der Waals surface area contributed by atoms with Gasteiger partial charge < -0.3 is 4.74 Å². The zero-order valence-electron chi connectivity index (χ0n) is 12.1. The minimum atomic E-state index is 0.130. The second kappa shape index (κ2) is 7.34. The van der Waals surface area contributed by atoms with Gasteiger partial charge in [0.25, 0.3) is 0 Å². The fraction of sp³-hybridized carbons (Fsp3) is 0.438. The lowest BCUT2D eigenvalue weighted by molar-refractivity contribution is 0.0555. The van der Waals surface area contributed by atoms with Gasteiger partial charge in [0.2, 0.25) is 0 Å². The summed E-state index contributed by atoms with van der Waals surface area (Å²) in [5.74, 6) is 0. The Hall–Kier alpha value is -0.710. The van der Waals surface area contributed by atoms with E-state index < -0.39 is 0 Å².